The molecule has 4 saturated carbocycles. The van der Waals surface area contributed by atoms with Crippen LogP contribution in [0, 0.1) is 56.5 Å². The van der Waals surface area contributed by atoms with Gasteiger partial charge in [-0.05, 0) is 109 Å². The van der Waals surface area contributed by atoms with Crippen LogP contribution in [0.3, 0.4) is 0 Å². The van der Waals surface area contributed by atoms with Gasteiger partial charge in [0.2, 0.25) is 10.0 Å². The van der Waals surface area contributed by atoms with E-state index in [4.69, 9.17) is 16.0 Å². The number of hydrogen-bond donors (Lipinski definition) is 2. The molecule has 44 heavy (non-hydrogen) atoms. The van der Waals surface area contributed by atoms with Gasteiger partial charge in [-0.2, -0.15) is 0 Å². The Hall–Kier alpha value is -2.73. The summed E-state index contributed by atoms with van der Waals surface area (Å²) in [6.07, 6.45) is 6.58. The lowest BCUT2D eigenvalue weighted by atomic mass is 9.42. The lowest BCUT2D eigenvalue weighted by Crippen LogP contribution is -2.66. The van der Waals surface area contributed by atoms with Gasteiger partial charge in [0.1, 0.15) is 0 Å². The number of sulfonamides is 1. The number of nitrogens with one attached hydrogen (secondary N) is 1. The maximum atomic E-state index is 14.0. The van der Waals surface area contributed by atoms with E-state index >= 15 is 0 Å². The lowest BCUT2D eigenvalue weighted by Gasteiger charge is -2.64. The Kier molecular flexibility index (Phi) is 9.07. The molecule has 4 fully saturated rings. The molecule has 11 atom stereocenters. The van der Waals surface area contributed by atoms with Gasteiger partial charge in [0, 0.05) is 35.5 Å². The van der Waals surface area contributed by atoms with Crippen molar-refractivity contribution in [3.8, 4) is 0 Å². The summed E-state index contributed by atoms with van der Waals surface area (Å²) in [6.45, 7) is 6.64. The number of ether oxygens (including phenoxy) is 1. The number of fused-ring (bicyclic) bond motifs is 5. The second-order valence-corrected chi connectivity index (χ2v) is 16.0. The first kappa shape index (κ1) is 32.7. The summed E-state index contributed by atoms with van der Waals surface area (Å²) in [7, 11) is -2.88. The maximum absolute atomic E-state index is 14.0. The summed E-state index contributed by atoms with van der Waals surface area (Å²) in [5, 5.41) is 15.9. The second kappa shape index (κ2) is 12.2. The summed E-state index contributed by atoms with van der Waals surface area (Å²) in [5.74, 6) is 0.726. The standard InChI is InChI=1S/C31H46N6O6S/c1-18(9-12-28(38)43-4)21-10-11-22-29-23(30(2)14-13-20(34-36-33)15-19(30)16-24(29)32)17-27(31(21,22)3)35-44(41,42)26-8-6-5-7-25(26)37(39)40/h5-8,18-24,27,29,35H,9-17,32H2,1-4H3/t18-,19+,20-,21-,22+,23+,24-,27+,29+,30+,31-/m1/s1. The van der Waals surface area contributed by atoms with Crippen LogP contribution in [0.1, 0.15) is 78.6 Å². The number of methoxy groups -OCH3 is 1. The number of azide groups is 1. The Morgan fingerprint density at radius 2 is 1.95 bits per heavy atom. The first-order valence-corrected chi connectivity index (χ1v) is 17.4. The highest BCUT2D eigenvalue weighted by molar-refractivity contribution is 7.89. The SMILES string of the molecule is COC(=O)CC[C@@H](C)[C@H]1CC[C@H]2[C@@H]3[C@H](N)C[C@@H]4C[C@H](N=[N+]=[N-])CC[C@]4(C)[C@H]3C[C@H](NS(=O)(=O)c3ccccc3[N+](=O)[O-])[C@]12C. The van der Waals surface area contributed by atoms with Crippen molar-refractivity contribution in [2.75, 3.05) is 7.11 Å². The number of para-hydroxylation sites is 1. The summed E-state index contributed by atoms with van der Waals surface area (Å²) in [6, 6.07) is 4.87. The average Bonchev–Trinajstić information content (AvgIpc) is 3.35. The van der Waals surface area contributed by atoms with Crippen LogP contribution in [-0.4, -0.2) is 44.5 Å². The molecule has 0 unspecified atom stereocenters. The summed E-state index contributed by atoms with van der Waals surface area (Å²) >= 11 is 0. The molecule has 0 bridgehead atoms. The van der Waals surface area contributed by atoms with Crippen LogP contribution < -0.4 is 10.5 Å². The monoisotopic (exact) mass is 630 g/mol. The van der Waals surface area contributed by atoms with Crippen LogP contribution in [0.4, 0.5) is 5.69 Å². The van der Waals surface area contributed by atoms with Crippen molar-refractivity contribution in [2.24, 2.45) is 57.2 Å². The molecule has 0 aliphatic heterocycles. The minimum Gasteiger partial charge on any atom is -0.469 e. The number of nitro benzene ring substituents is 1. The molecule has 0 amide bonds. The molecule has 5 rings (SSSR count). The van der Waals surface area contributed by atoms with E-state index in [0.29, 0.717) is 19.3 Å². The Morgan fingerprint density at radius 1 is 1.23 bits per heavy atom. The average molecular weight is 631 g/mol. The van der Waals surface area contributed by atoms with E-state index in [1.807, 2.05) is 0 Å². The zero-order valence-corrected chi connectivity index (χ0v) is 26.9. The number of benzene rings is 1. The second-order valence-electron chi connectivity index (χ2n) is 14.3. The maximum Gasteiger partial charge on any atom is 0.305 e. The first-order valence-electron chi connectivity index (χ1n) is 15.9. The van der Waals surface area contributed by atoms with Gasteiger partial charge in [0.05, 0.1) is 12.0 Å². The van der Waals surface area contributed by atoms with Gasteiger partial charge in [0.15, 0.2) is 4.90 Å². The molecule has 13 heteroatoms. The first-order chi connectivity index (χ1) is 20.8. The molecule has 4 aliphatic rings. The van der Waals surface area contributed by atoms with Crippen molar-refractivity contribution < 1.29 is 22.9 Å². The van der Waals surface area contributed by atoms with Crippen LogP contribution in [0.15, 0.2) is 34.3 Å². The molecule has 1 aromatic carbocycles. The van der Waals surface area contributed by atoms with Crippen LogP contribution >= 0.6 is 0 Å². The van der Waals surface area contributed by atoms with E-state index in [-0.39, 0.29) is 63.9 Å². The minimum absolute atomic E-state index is 0.0601. The number of rotatable bonds is 9. The van der Waals surface area contributed by atoms with E-state index in [2.05, 4.69) is 35.5 Å². The predicted molar refractivity (Wildman–Crippen MR) is 165 cm³/mol. The van der Waals surface area contributed by atoms with Crippen molar-refractivity contribution in [1.82, 2.24) is 4.72 Å². The highest BCUT2D eigenvalue weighted by Crippen LogP contribution is 2.68. The molecule has 0 aromatic heterocycles. The van der Waals surface area contributed by atoms with E-state index < -0.39 is 32.1 Å². The summed E-state index contributed by atoms with van der Waals surface area (Å²) in [4.78, 5) is 26.0. The van der Waals surface area contributed by atoms with Crippen molar-refractivity contribution in [3.63, 3.8) is 0 Å². The molecule has 3 N–H and O–H groups in total. The van der Waals surface area contributed by atoms with Crippen LogP contribution in [0.5, 0.6) is 0 Å². The Morgan fingerprint density at radius 3 is 2.64 bits per heavy atom. The van der Waals surface area contributed by atoms with E-state index in [0.717, 1.165) is 38.5 Å². The van der Waals surface area contributed by atoms with Gasteiger partial charge >= 0.3 is 5.97 Å². The topological polar surface area (TPSA) is 190 Å². The number of esters is 1. The fourth-order valence-electron chi connectivity index (χ4n) is 10.4. The van der Waals surface area contributed by atoms with Crippen molar-refractivity contribution in [1.29, 1.82) is 0 Å². The van der Waals surface area contributed by atoms with E-state index in [9.17, 15) is 23.3 Å². The Balaban J connectivity index is 1.55. The third-order valence-corrected chi connectivity index (χ3v) is 14.1. The quantitative estimate of drug-likeness (QED) is 0.0871. The van der Waals surface area contributed by atoms with Crippen LogP contribution in [0.2, 0.25) is 0 Å². The van der Waals surface area contributed by atoms with Crippen molar-refractivity contribution in [3.05, 3.63) is 44.8 Å². The van der Waals surface area contributed by atoms with Crippen LogP contribution in [0.25, 0.3) is 10.4 Å². The number of nitrogens with zero attached hydrogens (tertiary/aromatic N) is 4. The molecule has 0 heterocycles. The van der Waals surface area contributed by atoms with Gasteiger partial charge < -0.3 is 10.5 Å². The highest BCUT2D eigenvalue weighted by atomic mass is 32.2. The molecule has 0 saturated heterocycles. The zero-order chi connectivity index (χ0) is 32.0. The van der Waals surface area contributed by atoms with E-state index in [1.54, 1.807) is 0 Å². The number of carbonyl (C=O) groups is 1. The van der Waals surface area contributed by atoms with Gasteiger partial charge in [-0.15, -0.1) is 0 Å². The molecule has 242 valence electrons. The normalized spacial score (nSPS) is 38.8. The van der Waals surface area contributed by atoms with Gasteiger partial charge in [-0.25, -0.2) is 13.1 Å². The number of carbonyl (C=O) groups excluding carboxylic acids is 1. The fourth-order valence-corrected chi connectivity index (χ4v) is 11.9. The minimum atomic E-state index is -4.26. The summed E-state index contributed by atoms with van der Waals surface area (Å²) in [5.41, 5.74) is 15.1. The van der Waals surface area contributed by atoms with Crippen molar-refractivity contribution >= 4 is 21.7 Å². The number of nitrogens with two attached hydrogens (primary N) is 1. The van der Waals surface area contributed by atoms with Gasteiger partial charge in [-0.3, -0.25) is 14.9 Å². The van der Waals surface area contributed by atoms with Crippen LogP contribution in [-0.2, 0) is 19.6 Å². The Labute approximate surface area is 259 Å². The third-order valence-electron chi connectivity index (χ3n) is 12.5. The molecule has 0 spiro atoms. The lowest BCUT2D eigenvalue weighted by molar-refractivity contribution is -0.387. The highest BCUT2D eigenvalue weighted by Gasteiger charge is 2.66. The Bertz CT molecular complexity index is 1430. The molecule has 12 nitrogen and oxygen atoms in total. The fraction of sp³-hybridized carbons (Fsp3) is 0.774. The van der Waals surface area contributed by atoms with Gasteiger partial charge in [-0.1, -0.05) is 38.0 Å². The zero-order valence-electron chi connectivity index (χ0n) is 26.1. The number of nitro groups is 1. The largest absolute Gasteiger partial charge is 0.469 e. The third kappa shape index (κ3) is 5.50. The molecule has 4 aliphatic carbocycles. The summed E-state index contributed by atoms with van der Waals surface area (Å²) < 4.78 is 36.0. The van der Waals surface area contributed by atoms with E-state index in [1.165, 1.54) is 31.4 Å². The molecule has 1 aromatic rings. The molecular formula is C31H46N6O6S. The predicted octanol–water partition coefficient (Wildman–Crippen LogP) is 5.72. The van der Waals surface area contributed by atoms with Gasteiger partial charge in [0.25, 0.3) is 5.69 Å². The van der Waals surface area contributed by atoms with Crippen molar-refractivity contribution in [2.45, 2.75) is 102 Å². The number of hydrogen-bond acceptors (Lipinski definition) is 8. The molecule has 0 radical (unpaired) electrons. The smallest absolute Gasteiger partial charge is 0.305 e. The molecular weight excluding hydrogens is 584 g/mol.